The van der Waals surface area contributed by atoms with E-state index in [1.807, 2.05) is 6.92 Å². The van der Waals surface area contributed by atoms with Crippen molar-refractivity contribution in [2.75, 3.05) is 5.32 Å². The Bertz CT molecular complexity index is 459. The Morgan fingerprint density at radius 3 is 2.61 bits per heavy atom. The third-order valence-corrected chi connectivity index (χ3v) is 2.48. The van der Waals surface area contributed by atoms with Crippen LogP contribution in [0.25, 0.3) is 0 Å². The maximum absolute atomic E-state index is 11.5. The van der Waals surface area contributed by atoms with Gasteiger partial charge in [-0.2, -0.15) is 0 Å². The monoisotopic (exact) mass is 252 g/mol. The number of carboxylic acids is 1. The van der Waals surface area contributed by atoms with Crippen LogP contribution in [-0.4, -0.2) is 28.1 Å². The third-order valence-electron chi connectivity index (χ3n) is 2.48. The zero-order chi connectivity index (χ0) is 13.7. The van der Waals surface area contributed by atoms with E-state index >= 15 is 0 Å². The van der Waals surface area contributed by atoms with E-state index in [9.17, 15) is 14.7 Å². The van der Waals surface area contributed by atoms with Crippen molar-refractivity contribution < 1.29 is 19.8 Å². The van der Waals surface area contributed by atoms with Crippen molar-refractivity contribution in [3.63, 3.8) is 0 Å². The predicted octanol–water partition coefficient (Wildman–Crippen LogP) is 1.16. The van der Waals surface area contributed by atoms with Crippen LogP contribution < -0.4 is 11.1 Å². The highest BCUT2D eigenvalue weighted by atomic mass is 16.4. The molecule has 0 aliphatic carbocycles. The highest BCUT2D eigenvalue weighted by Crippen LogP contribution is 2.22. The normalized spacial score (nSPS) is 11.9. The van der Waals surface area contributed by atoms with Gasteiger partial charge < -0.3 is 21.3 Å². The molecule has 1 aromatic rings. The predicted molar refractivity (Wildman–Crippen MR) is 66.6 cm³/mol. The Hall–Kier alpha value is -2.08. The minimum atomic E-state index is -1.22. The number of rotatable bonds is 5. The fraction of sp³-hybridized carbons (Fsp3) is 0.333. The summed E-state index contributed by atoms with van der Waals surface area (Å²) in [7, 11) is 0. The molecule has 6 heteroatoms. The smallest absolute Gasteiger partial charge is 0.339 e. The molecule has 5 N–H and O–H groups in total. The number of carboxylic acid groups (broad SMARTS) is 1. The van der Waals surface area contributed by atoms with Gasteiger partial charge in [-0.05, 0) is 18.6 Å². The molecule has 0 aromatic heterocycles. The summed E-state index contributed by atoms with van der Waals surface area (Å²) in [6.45, 7) is 1.88. The fourth-order valence-corrected chi connectivity index (χ4v) is 1.38. The first-order valence-corrected chi connectivity index (χ1v) is 5.55. The number of carbonyl (C=O) groups excluding carboxylic acids is 1. The minimum absolute atomic E-state index is 0.179. The Labute approximate surface area is 104 Å². The Balaban J connectivity index is 2.72. The van der Waals surface area contributed by atoms with E-state index in [4.69, 9.17) is 10.8 Å². The lowest BCUT2D eigenvalue weighted by Gasteiger charge is -2.10. The summed E-state index contributed by atoms with van der Waals surface area (Å²) in [5.41, 5.74) is 5.76. The molecule has 6 nitrogen and oxygen atoms in total. The van der Waals surface area contributed by atoms with E-state index in [1.54, 1.807) is 0 Å². The topological polar surface area (TPSA) is 113 Å². The second-order valence-electron chi connectivity index (χ2n) is 3.96. The van der Waals surface area contributed by atoms with Crippen LogP contribution in [0.1, 0.15) is 30.1 Å². The summed E-state index contributed by atoms with van der Waals surface area (Å²) in [5.74, 6) is -1.88. The maximum atomic E-state index is 11.5. The molecule has 0 fully saturated rings. The quantitative estimate of drug-likeness (QED) is 0.628. The Morgan fingerprint density at radius 2 is 2.11 bits per heavy atom. The molecule has 1 rings (SSSR count). The van der Waals surface area contributed by atoms with Crippen LogP contribution in [0.4, 0.5) is 5.69 Å². The lowest BCUT2D eigenvalue weighted by molar-refractivity contribution is -0.116. The lowest BCUT2D eigenvalue weighted by atomic mass is 10.1. The van der Waals surface area contributed by atoms with Gasteiger partial charge in [-0.15, -0.1) is 0 Å². The fourth-order valence-electron chi connectivity index (χ4n) is 1.38. The van der Waals surface area contributed by atoms with Crippen molar-refractivity contribution >= 4 is 17.6 Å². The first kappa shape index (κ1) is 14.0. The van der Waals surface area contributed by atoms with E-state index in [0.29, 0.717) is 12.1 Å². The van der Waals surface area contributed by atoms with Crippen LogP contribution in [0, 0.1) is 0 Å². The average molecular weight is 252 g/mol. The molecule has 1 aromatic carbocycles. The van der Waals surface area contributed by atoms with Gasteiger partial charge in [0, 0.05) is 24.2 Å². The van der Waals surface area contributed by atoms with Gasteiger partial charge in [-0.1, -0.05) is 6.92 Å². The molecule has 1 amide bonds. The van der Waals surface area contributed by atoms with Crippen molar-refractivity contribution in [2.45, 2.75) is 25.8 Å². The average Bonchev–Trinajstić information content (AvgIpc) is 2.28. The standard InChI is InChI=1S/C12H16N2O4/c1-2-7(13)5-11(16)14-8-3-4-9(12(17)18)10(15)6-8/h3-4,6-7,15H,2,5,13H2,1H3,(H,14,16)(H,17,18). The summed E-state index contributed by atoms with van der Waals surface area (Å²) in [6, 6.07) is 3.63. The number of nitrogens with two attached hydrogens (primary N) is 1. The van der Waals surface area contributed by atoms with E-state index in [-0.39, 0.29) is 29.7 Å². The largest absolute Gasteiger partial charge is 0.507 e. The zero-order valence-electron chi connectivity index (χ0n) is 10.0. The van der Waals surface area contributed by atoms with Gasteiger partial charge in [0.15, 0.2) is 0 Å². The Morgan fingerprint density at radius 1 is 1.44 bits per heavy atom. The van der Waals surface area contributed by atoms with Gasteiger partial charge in [0.25, 0.3) is 0 Å². The number of nitrogens with one attached hydrogen (secondary N) is 1. The molecule has 0 heterocycles. The number of anilines is 1. The second kappa shape index (κ2) is 6.02. The molecule has 1 unspecified atom stereocenters. The van der Waals surface area contributed by atoms with E-state index in [1.165, 1.54) is 18.2 Å². The van der Waals surface area contributed by atoms with E-state index in [2.05, 4.69) is 5.32 Å². The molecule has 0 spiro atoms. The Kier molecular flexibility index (Phi) is 4.67. The van der Waals surface area contributed by atoms with Gasteiger partial charge in [0.1, 0.15) is 11.3 Å². The molecule has 0 bridgehead atoms. The molecule has 0 saturated heterocycles. The number of aromatic carboxylic acids is 1. The van der Waals surface area contributed by atoms with Crippen LogP contribution in [0.3, 0.4) is 0 Å². The SMILES string of the molecule is CCC(N)CC(=O)Nc1ccc(C(=O)O)c(O)c1. The molecular weight excluding hydrogens is 236 g/mol. The molecular formula is C12H16N2O4. The first-order valence-electron chi connectivity index (χ1n) is 5.55. The third kappa shape index (κ3) is 3.74. The van der Waals surface area contributed by atoms with Gasteiger partial charge in [0.2, 0.25) is 5.91 Å². The number of carbonyl (C=O) groups is 2. The van der Waals surface area contributed by atoms with Gasteiger partial charge in [0.05, 0.1) is 0 Å². The highest BCUT2D eigenvalue weighted by molar-refractivity contribution is 5.94. The van der Waals surface area contributed by atoms with Crippen LogP contribution in [0.15, 0.2) is 18.2 Å². The van der Waals surface area contributed by atoms with E-state index < -0.39 is 5.97 Å². The highest BCUT2D eigenvalue weighted by Gasteiger charge is 2.12. The van der Waals surface area contributed by atoms with E-state index in [0.717, 1.165) is 0 Å². The van der Waals surface area contributed by atoms with Gasteiger partial charge in [-0.3, -0.25) is 4.79 Å². The van der Waals surface area contributed by atoms with Crippen molar-refractivity contribution in [3.05, 3.63) is 23.8 Å². The molecule has 0 aliphatic rings. The minimum Gasteiger partial charge on any atom is -0.507 e. The summed E-state index contributed by atoms with van der Waals surface area (Å²) in [6.07, 6.45) is 0.870. The van der Waals surface area contributed by atoms with Gasteiger partial charge >= 0.3 is 5.97 Å². The molecule has 0 saturated carbocycles. The van der Waals surface area contributed by atoms with Crippen molar-refractivity contribution in [3.8, 4) is 5.75 Å². The summed E-state index contributed by atoms with van der Waals surface area (Å²) in [4.78, 5) is 22.2. The summed E-state index contributed by atoms with van der Waals surface area (Å²) in [5, 5.41) is 20.7. The number of amides is 1. The molecule has 0 aliphatic heterocycles. The van der Waals surface area contributed by atoms with Crippen molar-refractivity contribution in [1.29, 1.82) is 0 Å². The number of benzene rings is 1. The van der Waals surface area contributed by atoms with Crippen molar-refractivity contribution in [2.24, 2.45) is 5.73 Å². The van der Waals surface area contributed by atoms with Gasteiger partial charge in [-0.25, -0.2) is 4.79 Å². The van der Waals surface area contributed by atoms with Crippen LogP contribution in [-0.2, 0) is 4.79 Å². The summed E-state index contributed by atoms with van der Waals surface area (Å²) >= 11 is 0. The zero-order valence-corrected chi connectivity index (χ0v) is 10.0. The first-order chi connectivity index (χ1) is 8.43. The number of aromatic hydroxyl groups is 1. The maximum Gasteiger partial charge on any atom is 0.339 e. The molecule has 98 valence electrons. The van der Waals surface area contributed by atoms with Crippen molar-refractivity contribution in [1.82, 2.24) is 0 Å². The number of hydrogen-bond donors (Lipinski definition) is 4. The second-order valence-corrected chi connectivity index (χ2v) is 3.96. The van der Waals surface area contributed by atoms with Crippen LogP contribution in [0.5, 0.6) is 5.75 Å². The summed E-state index contributed by atoms with van der Waals surface area (Å²) < 4.78 is 0. The molecule has 18 heavy (non-hydrogen) atoms. The van der Waals surface area contributed by atoms with Crippen LogP contribution in [0.2, 0.25) is 0 Å². The molecule has 1 atom stereocenters. The van der Waals surface area contributed by atoms with Crippen LogP contribution >= 0.6 is 0 Å². The number of hydrogen-bond acceptors (Lipinski definition) is 4. The lowest BCUT2D eigenvalue weighted by Crippen LogP contribution is -2.26. The number of phenols is 1. The molecule has 0 radical (unpaired) electrons.